The lowest BCUT2D eigenvalue weighted by Crippen LogP contribution is -2.43. The quantitative estimate of drug-likeness (QED) is 0.325. The fraction of sp³-hybridized carbons (Fsp3) is 0.333. The third kappa shape index (κ3) is 4.54. The molecule has 6 rings (SSSR count). The Kier molecular flexibility index (Phi) is 5.54. The van der Waals surface area contributed by atoms with Crippen molar-refractivity contribution in [2.75, 3.05) is 31.1 Å². The van der Waals surface area contributed by atoms with Gasteiger partial charge in [0.1, 0.15) is 5.69 Å². The maximum Gasteiger partial charge on any atom is 0.326 e. The Bertz CT molecular complexity index is 1580. The van der Waals surface area contributed by atoms with Crippen molar-refractivity contribution in [3.8, 4) is 5.88 Å². The van der Waals surface area contributed by atoms with Gasteiger partial charge in [-0.05, 0) is 36.6 Å². The largest absolute Gasteiger partial charge is 0.493 e. The first kappa shape index (κ1) is 21.9. The van der Waals surface area contributed by atoms with E-state index >= 15 is 0 Å². The second-order valence-electron chi connectivity index (χ2n) is 8.98. The van der Waals surface area contributed by atoms with Gasteiger partial charge in [0.2, 0.25) is 5.88 Å². The molecule has 1 aromatic carbocycles. The maximum absolute atomic E-state index is 11.5. The third-order valence-electron chi connectivity index (χ3n) is 6.32. The molecule has 2 fully saturated rings. The van der Waals surface area contributed by atoms with E-state index in [2.05, 4.69) is 37.4 Å². The lowest BCUT2D eigenvalue weighted by Gasteiger charge is -2.29. The number of halogens is 1. The Morgan fingerprint density at radius 2 is 2.03 bits per heavy atom. The molecule has 0 atom stereocenters. The zero-order valence-electron chi connectivity index (χ0n) is 19.0. The van der Waals surface area contributed by atoms with Crippen molar-refractivity contribution in [2.24, 2.45) is 4.99 Å². The zero-order valence-corrected chi connectivity index (χ0v) is 19.7. The van der Waals surface area contributed by atoms with Gasteiger partial charge >= 0.3 is 5.69 Å². The number of anilines is 1. The number of imidazole rings is 1. The molecule has 2 aliphatic rings. The highest BCUT2D eigenvalue weighted by Gasteiger charge is 2.20. The molecule has 180 valence electrons. The fourth-order valence-corrected chi connectivity index (χ4v) is 4.57. The highest BCUT2D eigenvalue weighted by Crippen LogP contribution is 2.26. The Morgan fingerprint density at radius 3 is 2.74 bits per heavy atom. The first-order valence-electron chi connectivity index (χ1n) is 11.7. The number of benzene rings is 1. The summed E-state index contributed by atoms with van der Waals surface area (Å²) in [4.78, 5) is 28.4. The third-order valence-corrected chi connectivity index (χ3v) is 6.67. The molecule has 0 amide bonds. The van der Waals surface area contributed by atoms with Crippen LogP contribution >= 0.6 is 11.6 Å². The molecule has 0 radical (unpaired) electrons. The number of nitrogens with zero attached hydrogens (tertiary/aromatic N) is 5. The Morgan fingerprint density at radius 1 is 1.20 bits per heavy atom. The number of rotatable bonds is 5. The highest BCUT2D eigenvalue weighted by atomic mass is 35.5. The number of hydrogen-bond acceptors (Lipinski definition) is 7. The molecule has 0 unspecified atom stereocenters. The minimum atomic E-state index is -0.484. The van der Waals surface area contributed by atoms with Crippen LogP contribution in [0.2, 0.25) is 5.02 Å². The van der Waals surface area contributed by atoms with Crippen LogP contribution in [-0.2, 0) is 6.42 Å². The summed E-state index contributed by atoms with van der Waals surface area (Å²) in [6.07, 6.45) is 5.97. The van der Waals surface area contributed by atoms with Crippen LogP contribution in [0.3, 0.4) is 0 Å². The van der Waals surface area contributed by atoms with Gasteiger partial charge in [-0.2, -0.15) is 9.61 Å². The van der Waals surface area contributed by atoms with Gasteiger partial charge in [-0.3, -0.25) is 9.98 Å². The summed E-state index contributed by atoms with van der Waals surface area (Å²) in [5.41, 5.74) is 4.03. The van der Waals surface area contributed by atoms with E-state index in [1.165, 1.54) is 0 Å². The van der Waals surface area contributed by atoms with Crippen LogP contribution in [0.5, 0.6) is 5.88 Å². The summed E-state index contributed by atoms with van der Waals surface area (Å²) in [5, 5.41) is 19.2. The molecule has 4 aromatic rings. The van der Waals surface area contributed by atoms with Crippen LogP contribution in [0.15, 0.2) is 40.2 Å². The molecule has 1 saturated carbocycles. The molecule has 3 aromatic heterocycles. The number of aromatic amines is 2. The average Bonchev–Trinajstić information content (AvgIpc) is 3.49. The molecule has 1 aliphatic heterocycles. The molecule has 10 nitrogen and oxygen atoms in total. The Hall–Kier alpha value is -3.63. The first-order chi connectivity index (χ1) is 17.0. The van der Waals surface area contributed by atoms with Crippen molar-refractivity contribution >= 4 is 29.0 Å². The molecule has 4 N–H and O–H groups in total. The predicted octanol–water partition coefficient (Wildman–Crippen LogP) is 0.716. The van der Waals surface area contributed by atoms with E-state index in [0.29, 0.717) is 28.4 Å². The van der Waals surface area contributed by atoms with Crippen molar-refractivity contribution < 1.29 is 5.11 Å². The Labute approximate surface area is 205 Å². The minimum absolute atomic E-state index is 0.232. The number of nitrogens with one attached hydrogen (secondary N) is 3. The van der Waals surface area contributed by atoms with Crippen molar-refractivity contribution in [2.45, 2.75) is 25.3 Å². The molecule has 0 spiro atoms. The molecule has 1 aliphatic carbocycles. The monoisotopic (exact) mass is 492 g/mol. The van der Waals surface area contributed by atoms with Crippen LogP contribution in [0, 0.1) is 0 Å². The summed E-state index contributed by atoms with van der Waals surface area (Å²) in [7, 11) is 0. The lowest BCUT2D eigenvalue weighted by molar-refractivity contribution is 0.454. The van der Waals surface area contributed by atoms with Crippen molar-refractivity contribution in [1.82, 2.24) is 29.9 Å². The van der Waals surface area contributed by atoms with Crippen LogP contribution in [0.4, 0.5) is 5.69 Å². The number of fused-ring (bicyclic) bond motifs is 1. The second-order valence-corrected chi connectivity index (χ2v) is 9.38. The lowest BCUT2D eigenvalue weighted by atomic mass is 10.1. The average molecular weight is 493 g/mol. The van der Waals surface area contributed by atoms with Crippen LogP contribution in [0.25, 0.3) is 11.7 Å². The number of H-pyrrole nitrogens is 2. The second kappa shape index (κ2) is 8.86. The van der Waals surface area contributed by atoms with Gasteiger partial charge in [0, 0.05) is 54.6 Å². The zero-order chi connectivity index (χ0) is 23.9. The summed E-state index contributed by atoms with van der Waals surface area (Å²) >= 11 is 6.71. The van der Waals surface area contributed by atoms with Crippen LogP contribution < -0.4 is 26.6 Å². The van der Waals surface area contributed by atoms with Gasteiger partial charge in [0.15, 0.2) is 11.1 Å². The summed E-state index contributed by atoms with van der Waals surface area (Å²) in [6, 6.07) is 8.47. The van der Waals surface area contributed by atoms with Gasteiger partial charge in [-0.15, -0.1) is 0 Å². The molecule has 0 bridgehead atoms. The van der Waals surface area contributed by atoms with Gasteiger partial charge in [-0.25, -0.2) is 9.78 Å². The number of aromatic hydroxyl groups is 1. The normalized spacial score (nSPS) is 17.6. The van der Waals surface area contributed by atoms with E-state index in [0.717, 1.165) is 61.5 Å². The van der Waals surface area contributed by atoms with Crippen molar-refractivity contribution in [1.29, 1.82) is 0 Å². The molecular weight excluding hydrogens is 468 g/mol. The predicted molar refractivity (Wildman–Crippen MR) is 133 cm³/mol. The molecule has 4 heterocycles. The molecule has 11 heteroatoms. The van der Waals surface area contributed by atoms with Crippen molar-refractivity contribution in [3.63, 3.8) is 0 Å². The maximum atomic E-state index is 11.5. The van der Waals surface area contributed by atoms with Gasteiger partial charge < -0.3 is 20.3 Å². The van der Waals surface area contributed by atoms with E-state index < -0.39 is 5.69 Å². The topological polar surface area (TPSA) is 127 Å². The summed E-state index contributed by atoms with van der Waals surface area (Å²) in [5.74, 6) is -0.232. The highest BCUT2D eigenvalue weighted by molar-refractivity contribution is 6.31. The smallest absolute Gasteiger partial charge is 0.326 e. The van der Waals surface area contributed by atoms with Gasteiger partial charge in [-0.1, -0.05) is 17.7 Å². The Balaban J connectivity index is 1.40. The fourth-order valence-electron chi connectivity index (χ4n) is 4.33. The van der Waals surface area contributed by atoms with E-state index in [9.17, 15) is 9.90 Å². The molecule has 1 saturated heterocycles. The molecular formula is C24H25ClN8O2. The summed E-state index contributed by atoms with van der Waals surface area (Å²) < 4.78 is 1.70. The van der Waals surface area contributed by atoms with Gasteiger partial charge in [0.25, 0.3) is 0 Å². The number of hydrogen-bond donors (Lipinski definition) is 4. The van der Waals surface area contributed by atoms with E-state index in [4.69, 9.17) is 21.6 Å². The first-order valence-corrected chi connectivity index (χ1v) is 12.1. The SMILES string of the molecule is O=c1[nH]c(O)c(C=c2cnn3c(=NC4CC4)cc(Cc4ccc(N5CCNCC5)cc4Cl)nc23)[nH]1. The standard InChI is InChI=1S/C24H25ClN8O2/c25-19-12-18(32-7-5-26-6-8-32)4-1-14(19)9-17-11-21(28-16-2-3-16)33-22(29-17)15(13-27-33)10-20-23(34)31-24(35)30-20/h1,4,10-13,16,26,34H,2-3,5-9H2,(H2,30,31,35). The van der Waals surface area contributed by atoms with Crippen molar-refractivity contribution in [3.05, 3.63) is 73.6 Å². The van der Waals surface area contributed by atoms with E-state index in [1.807, 2.05) is 12.1 Å². The number of aromatic nitrogens is 5. The van der Waals surface area contributed by atoms with Crippen LogP contribution in [0.1, 0.15) is 29.8 Å². The van der Waals surface area contributed by atoms with E-state index in [-0.39, 0.29) is 11.6 Å². The van der Waals surface area contributed by atoms with Crippen LogP contribution in [-0.4, -0.2) is 61.9 Å². The number of piperazine rings is 1. The van der Waals surface area contributed by atoms with Gasteiger partial charge in [0.05, 0.1) is 17.9 Å². The van der Waals surface area contributed by atoms with E-state index in [1.54, 1.807) is 16.8 Å². The minimum Gasteiger partial charge on any atom is -0.493 e. The molecule has 35 heavy (non-hydrogen) atoms. The summed E-state index contributed by atoms with van der Waals surface area (Å²) in [6.45, 7) is 3.86.